The monoisotopic (exact) mass is 248 g/mol. The quantitative estimate of drug-likeness (QED) is 0.769. The normalized spacial score (nSPS) is 11.8. The van der Waals surface area contributed by atoms with Crippen molar-refractivity contribution in [3.05, 3.63) is 40.5 Å². The van der Waals surface area contributed by atoms with Gasteiger partial charge in [0.2, 0.25) is 5.82 Å². The third-order valence-electron chi connectivity index (χ3n) is 1.87. The number of halogens is 4. The van der Waals surface area contributed by atoms with Crippen molar-refractivity contribution < 1.29 is 17.6 Å². The van der Waals surface area contributed by atoms with Crippen molar-refractivity contribution in [2.45, 2.75) is 6.18 Å². The average Bonchev–Trinajstić information content (AvgIpc) is 2.61. The van der Waals surface area contributed by atoms with E-state index < -0.39 is 23.5 Å². The zero-order valence-electron chi connectivity index (χ0n) is 7.99. The summed E-state index contributed by atoms with van der Waals surface area (Å²) in [6.45, 7) is 0. The molecular formula is C8H4F4N4O. The van der Waals surface area contributed by atoms with Gasteiger partial charge in [-0.3, -0.25) is 0 Å². The van der Waals surface area contributed by atoms with E-state index in [1.165, 1.54) is 0 Å². The van der Waals surface area contributed by atoms with Crippen LogP contribution in [0.25, 0.3) is 5.82 Å². The zero-order valence-corrected chi connectivity index (χ0v) is 7.99. The first kappa shape index (κ1) is 11.3. The van der Waals surface area contributed by atoms with Crippen molar-refractivity contribution in [2.24, 2.45) is 0 Å². The molecule has 9 heteroatoms. The van der Waals surface area contributed by atoms with Gasteiger partial charge >= 0.3 is 11.9 Å². The Kier molecular flexibility index (Phi) is 2.45. The molecule has 90 valence electrons. The van der Waals surface area contributed by atoms with Gasteiger partial charge in [-0.05, 0) is 12.1 Å². The van der Waals surface area contributed by atoms with Crippen LogP contribution in [0.2, 0.25) is 0 Å². The highest BCUT2D eigenvalue weighted by Crippen LogP contribution is 2.27. The van der Waals surface area contributed by atoms with Gasteiger partial charge in [0.15, 0.2) is 0 Å². The molecule has 2 rings (SSSR count). The Morgan fingerprint density at radius 2 is 2.00 bits per heavy atom. The standard InChI is InChI=1S/C8H4F4N4O/c9-4-1-2-5(13-3-4)16-6(8(10,11)12)14-15-7(16)17/h1-3H,(H,15,17). The molecule has 0 radical (unpaired) electrons. The number of rotatable bonds is 1. The van der Waals surface area contributed by atoms with Crippen LogP contribution in [-0.2, 0) is 6.18 Å². The SMILES string of the molecule is O=c1[nH]nc(C(F)(F)F)n1-c1ccc(F)cn1. The molecule has 2 heterocycles. The van der Waals surface area contributed by atoms with E-state index in [0.29, 0.717) is 6.20 Å². The molecule has 0 saturated carbocycles. The van der Waals surface area contributed by atoms with Crippen molar-refractivity contribution in [3.63, 3.8) is 0 Å². The summed E-state index contributed by atoms with van der Waals surface area (Å²) in [5.74, 6) is -2.53. The molecule has 2 aromatic rings. The summed E-state index contributed by atoms with van der Waals surface area (Å²) in [5, 5.41) is 4.51. The minimum Gasteiger partial charge on any atom is -0.246 e. The van der Waals surface area contributed by atoms with Crippen LogP contribution >= 0.6 is 0 Å². The van der Waals surface area contributed by atoms with E-state index >= 15 is 0 Å². The Balaban J connectivity index is 2.63. The molecule has 2 aromatic heterocycles. The largest absolute Gasteiger partial charge is 0.452 e. The van der Waals surface area contributed by atoms with E-state index in [1.54, 1.807) is 5.10 Å². The number of hydrogen-bond acceptors (Lipinski definition) is 3. The van der Waals surface area contributed by atoms with Crippen LogP contribution in [0.3, 0.4) is 0 Å². The Bertz CT molecular complexity index is 583. The zero-order chi connectivity index (χ0) is 12.6. The molecule has 0 aliphatic heterocycles. The van der Waals surface area contributed by atoms with E-state index in [1.807, 2.05) is 0 Å². The molecule has 0 unspecified atom stereocenters. The number of nitrogens with zero attached hydrogens (tertiary/aromatic N) is 3. The highest BCUT2D eigenvalue weighted by molar-refractivity contribution is 5.24. The predicted molar refractivity (Wildman–Crippen MR) is 46.9 cm³/mol. The highest BCUT2D eigenvalue weighted by Gasteiger charge is 2.38. The number of aromatic nitrogens is 4. The summed E-state index contributed by atoms with van der Waals surface area (Å²) in [6.07, 6.45) is -4.11. The van der Waals surface area contributed by atoms with Gasteiger partial charge in [-0.25, -0.2) is 23.8 Å². The smallest absolute Gasteiger partial charge is 0.246 e. The second-order valence-electron chi connectivity index (χ2n) is 3.02. The maximum atomic E-state index is 12.6. The minimum atomic E-state index is -4.81. The first-order valence-corrected chi connectivity index (χ1v) is 4.26. The van der Waals surface area contributed by atoms with Gasteiger partial charge in [0.05, 0.1) is 6.20 Å². The summed E-state index contributed by atoms with van der Waals surface area (Å²) in [6, 6.07) is 1.84. The molecule has 0 aromatic carbocycles. The third kappa shape index (κ3) is 2.03. The molecular weight excluding hydrogens is 244 g/mol. The van der Waals surface area contributed by atoms with E-state index in [-0.39, 0.29) is 10.4 Å². The Hall–Kier alpha value is -2.19. The van der Waals surface area contributed by atoms with Gasteiger partial charge in [-0.1, -0.05) is 0 Å². The molecule has 0 aliphatic carbocycles. The van der Waals surface area contributed by atoms with E-state index in [9.17, 15) is 22.4 Å². The van der Waals surface area contributed by atoms with Crippen molar-refractivity contribution in [3.8, 4) is 5.82 Å². The van der Waals surface area contributed by atoms with Crippen LogP contribution in [-0.4, -0.2) is 19.7 Å². The summed E-state index contributed by atoms with van der Waals surface area (Å²) in [4.78, 5) is 14.6. The van der Waals surface area contributed by atoms with Gasteiger partial charge < -0.3 is 0 Å². The maximum Gasteiger partial charge on any atom is 0.452 e. The number of pyridine rings is 1. The fourth-order valence-corrected chi connectivity index (χ4v) is 1.20. The molecule has 17 heavy (non-hydrogen) atoms. The number of H-pyrrole nitrogens is 1. The fourth-order valence-electron chi connectivity index (χ4n) is 1.20. The van der Waals surface area contributed by atoms with Crippen molar-refractivity contribution in [1.29, 1.82) is 0 Å². The lowest BCUT2D eigenvalue weighted by Gasteiger charge is -2.06. The van der Waals surface area contributed by atoms with Gasteiger partial charge in [0, 0.05) is 0 Å². The van der Waals surface area contributed by atoms with Gasteiger partial charge in [-0.2, -0.15) is 13.2 Å². The van der Waals surface area contributed by atoms with Crippen LogP contribution < -0.4 is 5.69 Å². The van der Waals surface area contributed by atoms with Crippen LogP contribution in [0, 0.1) is 5.82 Å². The van der Waals surface area contributed by atoms with Crippen molar-refractivity contribution >= 4 is 0 Å². The van der Waals surface area contributed by atoms with Crippen LogP contribution in [0.4, 0.5) is 17.6 Å². The summed E-state index contributed by atoms with van der Waals surface area (Å²) in [7, 11) is 0. The van der Waals surface area contributed by atoms with Gasteiger partial charge in [0.1, 0.15) is 11.6 Å². The van der Waals surface area contributed by atoms with Crippen molar-refractivity contribution in [2.75, 3.05) is 0 Å². The molecule has 0 atom stereocenters. The number of aromatic amines is 1. The Morgan fingerprint density at radius 3 is 2.53 bits per heavy atom. The Morgan fingerprint density at radius 1 is 1.29 bits per heavy atom. The second-order valence-corrected chi connectivity index (χ2v) is 3.02. The maximum absolute atomic E-state index is 12.6. The molecule has 1 N–H and O–H groups in total. The first-order valence-electron chi connectivity index (χ1n) is 4.26. The molecule has 0 spiro atoms. The molecule has 5 nitrogen and oxygen atoms in total. The lowest BCUT2D eigenvalue weighted by molar-refractivity contribution is -0.146. The molecule has 0 bridgehead atoms. The average molecular weight is 248 g/mol. The van der Waals surface area contributed by atoms with E-state index in [2.05, 4.69) is 10.1 Å². The minimum absolute atomic E-state index is 0.222. The van der Waals surface area contributed by atoms with E-state index in [4.69, 9.17) is 0 Å². The summed E-state index contributed by atoms with van der Waals surface area (Å²) in [5.41, 5.74) is -1.10. The van der Waals surface area contributed by atoms with Crippen LogP contribution in [0.15, 0.2) is 23.1 Å². The lowest BCUT2D eigenvalue weighted by Crippen LogP contribution is -2.22. The first-order chi connectivity index (χ1) is 7.89. The Labute approximate surface area is 90.7 Å². The van der Waals surface area contributed by atoms with Gasteiger partial charge in [-0.15, -0.1) is 5.10 Å². The van der Waals surface area contributed by atoms with Crippen LogP contribution in [0.5, 0.6) is 0 Å². The second kappa shape index (κ2) is 3.68. The summed E-state index contributed by atoms with van der Waals surface area (Å²) < 4.78 is 50.2. The number of nitrogens with one attached hydrogen (secondary N) is 1. The van der Waals surface area contributed by atoms with Gasteiger partial charge in [0.25, 0.3) is 0 Å². The molecule has 0 saturated heterocycles. The summed E-state index contributed by atoms with van der Waals surface area (Å²) >= 11 is 0. The predicted octanol–water partition coefficient (Wildman–Crippen LogP) is 1.11. The number of alkyl halides is 3. The fraction of sp³-hybridized carbons (Fsp3) is 0.125. The van der Waals surface area contributed by atoms with Crippen molar-refractivity contribution in [1.82, 2.24) is 19.7 Å². The number of hydrogen-bond donors (Lipinski definition) is 1. The lowest BCUT2D eigenvalue weighted by atomic mass is 10.4. The molecule has 0 amide bonds. The molecule has 0 aliphatic rings. The third-order valence-corrected chi connectivity index (χ3v) is 1.87. The van der Waals surface area contributed by atoms with E-state index in [0.717, 1.165) is 12.1 Å². The topological polar surface area (TPSA) is 63.6 Å². The molecule has 0 fully saturated rings. The van der Waals surface area contributed by atoms with Crippen LogP contribution in [0.1, 0.15) is 5.82 Å². The highest BCUT2D eigenvalue weighted by atomic mass is 19.4.